The molecule has 170 valence electrons. The number of anilines is 4. The van der Waals surface area contributed by atoms with Crippen molar-refractivity contribution in [2.45, 2.75) is 4.90 Å². The summed E-state index contributed by atoms with van der Waals surface area (Å²) < 4.78 is 27.7. The summed E-state index contributed by atoms with van der Waals surface area (Å²) in [6, 6.07) is 15.5. The van der Waals surface area contributed by atoms with Gasteiger partial charge in [0, 0.05) is 43.1 Å². The topological polar surface area (TPSA) is 81.7 Å². The Morgan fingerprint density at radius 2 is 1.79 bits per heavy atom. The van der Waals surface area contributed by atoms with E-state index in [2.05, 4.69) is 50.8 Å². The van der Waals surface area contributed by atoms with E-state index in [0.717, 1.165) is 37.4 Å². The highest BCUT2D eigenvalue weighted by atomic mass is 32.2. The van der Waals surface area contributed by atoms with E-state index >= 15 is 0 Å². The average molecular weight is 463 g/mol. The van der Waals surface area contributed by atoms with Gasteiger partial charge in [-0.3, -0.25) is 4.31 Å². The standard InChI is InChI=1S/C24H26N6O2S/c1-3-12-30-21-7-5-4-6-20(21)23-22(33(30,31)32)17-25-24(27-23)26-18-8-10-19(11-9-18)29-15-13-28(2)14-16-29/h3-11,17H,1,12-16H2,2H3,(H,25,26,27). The van der Waals surface area contributed by atoms with Gasteiger partial charge in [-0.05, 0) is 37.4 Å². The Morgan fingerprint density at radius 3 is 2.52 bits per heavy atom. The summed E-state index contributed by atoms with van der Waals surface area (Å²) in [6.45, 7) is 8.00. The van der Waals surface area contributed by atoms with Crippen LogP contribution in [0.2, 0.25) is 0 Å². The second kappa shape index (κ2) is 8.49. The van der Waals surface area contributed by atoms with Crippen LogP contribution in [0.4, 0.5) is 23.0 Å². The summed E-state index contributed by atoms with van der Waals surface area (Å²) >= 11 is 0. The van der Waals surface area contributed by atoms with Gasteiger partial charge in [0.1, 0.15) is 4.90 Å². The third kappa shape index (κ3) is 3.94. The predicted molar refractivity (Wildman–Crippen MR) is 132 cm³/mol. The van der Waals surface area contributed by atoms with E-state index in [4.69, 9.17) is 0 Å². The molecule has 2 aliphatic heterocycles. The van der Waals surface area contributed by atoms with Crippen LogP contribution in [-0.4, -0.2) is 63.1 Å². The van der Waals surface area contributed by atoms with Crippen molar-refractivity contribution in [2.24, 2.45) is 0 Å². The van der Waals surface area contributed by atoms with E-state index in [1.807, 2.05) is 30.3 Å². The van der Waals surface area contributed by atoms with Crippen molar-refractivity contribution in [3.05, 3.63) is 67.4 Å². The molecule has 1 aromatic heterocycles. The van der Waals surface area contributed by atoms with Gasteiger partial charge in [0.15, 0.2) is 0 Å². The van der Waals surface area contributed by atoms with Crippen molar-refractivity contribution >= 4 is 33.0 Å². The number of sulfonamides is 1. The van der Waals surface area contributed by atoms with Crippen molar-refractivity contribution in [3.8, 4) is 11.3 Å². The molecule has 2 aliphatic rings. The Kier molecular flexibility index (Phi) is 5.51. The largest absolute Gasteiger partial charge is 0.369 e. The number of rotatable bonds is 5. The van der Waals surface area contributed by atoms with Gasteiger partial charge in [-0.2, -0.15) is 0 Å². The summed E-state index contributed by atoms with van der Waals surface area (Å²) in [5, 5.41) is 3.21. The highest BCUT2D eigenvalue weighted by Crippen LogP contribution is 2.41. The van der Waals surface area contributed by atoms with Crippen LogP contribution in [0, 0.1) is 0 Å². The molecule has 1 N–H and O–H groups in total. The lowest BCUT2D eigenvalue weighted by molar-refractivity contribution is 0.313. The van der Waals surface area contributed by atoms with E-state index in [9.17, 15) is 8.42 Å². The number of hydrogen-bond donors (Lipinski definition) is 1. The molecule has 9 heteroatoms. The van der Waals surface area contributed by atoms with Crippen LogP contribution in [-0.2, 0) is 10.0 Å². The number of nitrogens with zero attached hydrogens (tertiary/aromatic N) is 5. The highest BCUT2D eigenvalue weighted by molar-refractivity contribution is 7.93. The molecule has 8 nitrogen and oxygen atoms in total. The second-order valence-corrected chi connectivity index (χ2v) is 10.0. The van der Waals surface area contributed by atoms with Crippen LogP contribution in [0.3, 0.4) is 0 Å². The van der Waals surface area contributed by atoms with Gasteiger partial charge in [-0.15, -0.1) is 6.58 Å². The van der Waals surface area contributed by atoms with Crippen molar-refractivity contribution in [1.29, 1.82) is 0 Å². The van der Waals surface area contributed by atoms with E-state index in [0.29, 0.717) is 17.3 Å². The summed E-state index contributed by atoms with van der Waals surface area (Å²) in [5.74, 6) is 0.350. The second-order valence-electron chi connectivity index (χ2n) is 8.21. The molecule has 0 amide bonds. The number of fused-ring (bicyclic) bond motifs is 3. The van der Waals surface area contributed by atoms with Crippen molar-refractivity contribution in [3.63, 3.8) is 0 Å². The van der Waals surface area contributed by atoms with Gasteiger partial charge in [0.05, 0.1) is 24.1 Å². The normalized spacial score (nSPS) is 17.2. The third-order valence-electron chi connectivity index (χ3n) is 6.04. The number of hydrogen-bond acceptors (Lipinski definition) is 7. The molecule has 0 saturated carbocycles. The van der Waals surface area contributed by atoms with Crippen LogP contribution in [0.5, 0.6) is 0 Å². The molecule has 0 bridgehead atoms. The lowest BCUT2D eigenvalue weighted by atomic mass is 10.1. The fourth-order valence-electron chi connectivity index (χ4n) is 4.22. The quantitative estimate of drug-likeness (QED) is 0.583. The summed E-state index contributed by atoms with van der Waals surface area (Å²) in [7, 11) is -1.63. The van der Waals surface area contributed by atoms with E-state index < -0.39 is 10.0 Å². The molecule has 0 radical (unpaired) electrons. The first-order valence-electron chi connectivity index (χ1n) is 10.9. The molecule has 5 rings (SSSR count). The number of benzene rings is 2. The van der Waals surface area contributed by atoms with Gasteiger partial charge < -0.3 is 15.1 Å². The molecule has 2 aromatic carbocycles. The molecular formula is C24H26N6O2S. The zero-order valence-electron chi connectivity index (χ0n) is 18.5. The maximum Gasteiger partial charge on any atom is 0.268 e. The summed E-state index contributed by atoms with van der Waals surface area (Å²) in [4.78, 5) is 13.7. The zero-order valence-corrected chi connectivity index (χ0v) is 19.3. The number of likely N-dealkylation sites (N-methyl/N-ethyl adjacent to an activating group) is 1. The first kappa shape index (κ1) is 21.4. The molecule has 0 unspecified atom stereocenters. The van der Waals surface area contributed by atoms with E-state index in [-0.39, 0.29) is 11.4 Å². The van der Waals surface area contributed by atoms with Gasteiger partial charge in [-0.25, -0.2) is 18.4 Å². The molecule has 1 saturated heterocycles. The SMILES string of the molecule is C=CCN1c2ccccc2-c2nc(Nc3ccc(N4CCN(C)CC4)cc3)ncc2S1(=O)=O. The van der Waals surface area contributed by atoms with Crippen LogP contribution < -0.4 is 14.5 Å². The van der Waals surface area contributed by atoms with Crippen LogP contribution >= 0.6 is 0 Å². The minimum Gasteiger partial charge on any atom is -0.369 e. The Morgan fingerprint density at radius 1 is 1.06 bits per heavy atom. The molecule has 0 spiro atoms. The van der Waals surface area contributed by atoms with Gasteiger partial charge in [0.2, 0.25) is 5.95 Å². The molecule has 0 atom stereocenters. The molecule has 0 aliphatic carbocycles. The molecular weight excluding hydrogens is 436 g/mol. The first-order chi connectivity index (χ1) is 16.0. The smallest absolute Gasteiger partial charge is 0.268 e. The minimum absolute atomic E-state index is 0.0963. The van der Waals surface area contributed by atoms with E-state index in [1.165, 1.54) is 16.2 Å². The first-order valence-corrected chi connectivity index (χ1v) is 12.3. The van der Waals surface area contributed by atoms with Crippen LogP contribution in [0.1, 0.15) is 0 Å². The van der Waals surface area contributed by atoms with Crippen molar-refractivity contribution in [2.75, 3.05) is 54.3 Å². The Balaban J connectivity index is 1.43. The van der Waals surface area contributed by atoms with E-state index in [1.54, 1.807) is 12.1 Å². The zero-order chi connectivity index (χ0) is 23.0. The molecule has 3 heterocycles. The number of aromatic nitrogens is 2. The molecule has 33 heavy (non-hydrogen) atoms. The minimum atomic E-state index is -3.77. The highest BCUT2D eigenvalue weighted by Gasteiger charge is 2.35. The maximum atomic E-state index is 13.2. The molecule has 1 fully saturated rings. The monoisotopic (exact) mass is 462 g/mol. The predicted octanol–water partition coefficient (Wildman–Crippen LogP) is 3.33. The fourth-order valence-corrected chi connectivity index (χ4v) is 5.76. The van der Waals surface area contributed by atoms with Crippen molar-refractivity contribution in [1.82, 2.24) is 14.9 Å². The Labute approximate surface area is 194 Å². The van der Waals surface area contributed by atoms with Crippen LogP contribution in [0.15, 0.2) is 72.3 Å². The summed E-state index contributed by atoms with van der Waals surface area (Å²) in [6.07, 6.45) is 2.95. The molecule has 3 aromatic rings. The average Bonchev–Trinajstić information content (AvgIpc) is 2.83. The number of nitrogens with one attached hydrogen (secondary N) is 1. The lowest BCUT2D eigenvalue weighted by Gasteiger charge is -2.34. The van der Waals surface area contributed by atoms with Crippen molar-refractivity contribution < 1.29 is 8.42 Å². The number of para-hydroxylation sites is 1. The van der Waals surface area contributed by atoms with Gasteiger partial charge in [0.25, 0.3) is 10.0 Å². The number of piperazine rings is 1. The van der Waals surface area contributed by atoms with Gasteiger partial charge in [-0.1, -0.05) is 24.3 Å². The lowest BCUT2D eigenvalue weighted by Crippen LogP contribution is -2.44. The third-order valence-corrected chi connectivity index (χ3v) is 7.82. The Hall–Kier alpha value is -3.43. The summed E-state index contributed by atoms with van der Waals surface area (Å²) in [5.41, 5.74) is 3.76. The maximum absolute atomic E-state index is 13.2. The van der Waals surface area contributed by atoms with Gasteiger partial charge >= 0.3 is 0 Å². The Bertz CT molecular complexity index is 1280. The fraction of sp³-hybridized carbons (Fsp3) is 0.250. The van der Waals surface area contributed by atoms with Crippen LogP contribution in [0.25, 0.3) is 11.3 Å².